The largest absolute Gasteiger partial charge is 0.381 e. The first-order chi connectivity index (χ1) is 10.6. The monoisotopic (exact) mass is 307 g/mol. The molecule has 4 saturated heterocycles. The first-order valence-corrected chi connectivity index (χ1v) is 9.38. The standard InChI is InChI=1S/C18H33N3O/c1-13(2)20-7-15-5-19(6-16(15)8-20)4-14(3)21-9-17-11-22-12-18(17)10-21/h13-18H,4-12H2,1-3H3/t14?,15-,16+,17?,18?. The third-order valence-electron chi connectivity index (χ3n) is 6.73. The van der Waals surface area contributed by atoms with Gasteiger partial charge in [0.2, 0.25) is 0 Å². The summed E-state index contributed by atoms with van der Waals surface area (Å²) >= 11 is 0. The Balaban J connectivity index is 1.26. The third kappa shape index (κ3) is 2.83. The van der Waals surface area contributed by atoms with E-state index in [1.54, 1.807) is 0 Å². The predicted octanol–water partition coefficient (Wildman–Crippen LogP) is 1.23. The van der Waals surface area contributed by atoms with E-state index in [-0.39, 0.29) is 0 Å². The third-order valence-corrected chi connectivity index (χ3v) is 6.73. The van der Waals surface area contributed by atoms with Crippen molar-refractivity contribution >= 4 is 0 Å². The van der Waals surface area contributed by atoms with Gasteiger partial charge in [-0.05, 0) is 32.6 Å². The fourth-order valence-electron chi connectivity index (χ4n) is 5.27. The van der Waals surface area contributed by atoms with E-state index in [9.17, 15) is 0 Å². The summed E-state index contributed by atoms with van der Waals surface area (Å²) in [5.74, 6) is 3.50. The molecule has 4 heterocycles. The SMILES string of the molecule is CC(C)N1C[C@H]2CN(CC(C)N3CC4COCC4C3)C[C@H]2C1. The van der Waals surface area contributed by atoms with Crippen LogP contribution in [0.2, 0.25) is 0 Å². The molecule has 0 amide bonds. The number of nitrogens with zero attached hydrogens (tertiary/aromatic N) is 3. The maximum atomic E-state index is 5.61. The van der Waals surface area contributed by atoms with Crippen LogP contribution in [0.4, 0.5) is 0 Å². The van der Waals surface area contributed by atoms with Gasteiger partial charge in [-0.3, -0.25) is 4.90 Å². The molecular weight excluding hydrogens is 274 g/mol. The van der Waals surface area contributed by atoms with Gasteiger partial charge in [0, 0.05) is 69.7 Å². The van der Waals surface area contributed by atoms with Gasteiger partial charge in [0.25, 0.3) is 0 Å². The van der Waals surface area contributed by atoms with Crippen molar-refractivity contribution in [1.29, 1.82) is 0 Å². The summed E-state index contributed by atoms with van der Waals surface area (Å²) < 4.78 is 5.61. The summed E-state index contributed by atoms with van der Waals surface area (Å²) in [4.78, 5) is 8.16. The zero-order valence-electron chi connectivity index (χ0n) is 14.6. The van der Waals surface area contributed by atoms with Crippen LogP contribution in [0.5, 0.6) is 0 Å². The van der Waals surface area contributed by atoms with E-state index < -0.39 is 0 Å². The summed E-state index contributed by atoms with van der Waals surface area (Å²) in [5, 5.41) is 0. The highest BCUT2D eigenvalue weighted by molar-refractivity contribution is 4.96. The second-order valence-electron chi connectivity index (χ2n) is 8.65. The van der Waals surface area contributed by atoms with Crippen molar-refractivity contribution in [3.8, 4) is 0 Å². The van der Waals surface area contributed by atoms with Crippen molar-refractivity contribution in [2.75, 3.05) is 59.0 Å². The summed E-state index contributed by atoms with van der Waals surface area (Å²) in [6, 6.07) is 1.44. The highest BCUT2D eigenvalue weighted by Crippen LogP contribution is 2.34. The molecular formula is C18H33N3O. The van der Waals surface area contributed by atoms with E-state index in [0.717, 1.165) is 42.9 Å². The summed E-state index contributed by atoms with van der Waals surface area (Å²) in [5.41, 5.74) is 0. The van der Waals surface area contributed by atoms with Crippen molar-refractivity contribution in [3.63, 3.8) is 0 Å². The molecule has 0 aromatic heterocycles. The van der Waals surface area contributed by atoms with Crippen molar-refractivity contribution in [2.45, 2.75) is 32.9 Å². The number of hydrogen-bond acceptors (Lipinski definition) is 4. The normalized spacial score (nSPS) is 41.5. The molecule has 0 aromatic rings. The fourth-order valence-corrected chi connectivity index (χ4v) is 5.27. The van der Waals surface area contributed by atoms with Crippen molar-refractivity contribution in [1.82, 2.24) is 14.7 Å². The molecule has 4 rings (SSSR count). The van der Waals surface area contributed by atoms with Crippen LogP contribution in [0.1, 0.15) is 20.8 Å². The second kappa shape index (κ2) is 6.04. The smallest absolute Gasteiger partial charge is 0.0510 e. The lowest BCUT2D eigenvalue weighted by molar-refractivity contribution is 0.126. The lowest BCUT2D eigenvalue weighted by Gasteiger charge is -2.30. The van der Waals surface area contributed by atoms with Gasteiger partial charge in [-0.25, -0.2) is 0 Å². The fraction of sp³-hybridized carbons (Fsp3) is 1.00. The Bertz CT molecular complexity index is 376. The van der Waals surface area contributed by atoms with Gasteiger partial charge >= 0.3 is 0 Å². The van der Waals surface area contributed by atoms with E-state index in [1.807, 2.05) is 0 Å². The average molecular weight is 307 g/mol. The highest BCUT2D eigenvalue weighted by Gasteiger charge is 2.42. The van der Waals surface area contributed by atoms with Crippen LogP contribution < -0.4 is 0 Å². The van der Waals surface area contributed by atoms with Gasteiger partial charge in [0.15, 0.2) is 0 Å². The van der Waals surface area contributed by atoms with Crippen molar-refractivity contribution < 1.29 is 4.74 Å². The number of rotatable bonds is 4. The summed E-state index contributed by atoms with van der Waals surface area (Å²) in [6.07, 6.45) is 0. The Kier molecular flexibility index (Phi) is 4.22. The van der Waals surface area contributed by atoms with Crippen LogP contribution >= 0.6 is 0 Å². The molecule has 0 saturated carbocycles. The van der Waals surface area contributed by atoms with Gasteiger partial charge in [-0.15, -0.1) is 0 Å². The molecule has 4 aliphatic heterocycles. The quantitative estimate of drug-likeness (QED) is 0.777. The zero-order chi connectivity index (χ0) is 15.3. The Morgan fingerprint density at radius 2 is 1.32 bits per heavy atom. The number of hydrogen-bond donors (Lipinski definition) is 0. The zero-order valence-corrected chi connectivity index (χ0v) is 14.6. The molecule has 0 spiro atoms. The number of fused-ring (bicyclic) bond motifs is 2. The second-order valence-corrected chi connectivity index (χ2v) is 8.65. The van der Waals surface area contributed by atoms with E-state index in [4.69, 9.17) is 4.74 Å². The maximum absolute atomic E-state index is 5.61. The van der Waals surface area contributed by atoms with Crippen LogP contribution in [0, 0.1) is 23.7 Å². The molecule has 22 heavy (non-hydrogen) atoms. The lowest BCUT2D eigenvalue weighted by atomic mass is 10.0. The molecule has 3 unspecified atom stereocenters. The lowest BCUT2D eigenvalue weighted by Crippen LogP contribution is -2.42. The van der Waals surface area contributed by atoms with Gasteiger partial charge in [-0.2, -0.15) is 0 Å². The van der Waals surface area contributed by atoms with Crippen molar-refractivity contribution in [2.24, 2.45) is 23.7 Å². The van der Waals surface area contributed by atoms with E-state index >= 15 is 0 Å². The predicted molar refractivity (Wildman–Crippen MR) is 89.0 cm³/mol. The molecule has 4 nitrogen and oxygen atoms in total. The molecule has 0 aliphatic carbocycles. The van der Waals surface area contributed by atoms with Gasteiger partial charge in [0.05, 0.1) is 13.2 Å². The van der Waals surface area contributed by atoms with Crippen LogP contribution in [0.15, 0.2) is 0 Å². The Labute approximate surface area is 135 Å². The van der Waals surface area contributed by atoms with Crippen LogP contribution in [-0.4, -0.2) is 85.8 Å². The Morgan fingerprint density at radius 3 is 1.86 bits per heavy atom. The van der Waals surface area contributed by atoms with Crippen LogP contribution in [0.3, 0.4) is 0 Å². The summed E-state index contributed by atoms with van der Waals surface area (Å²) in [7, 11) is 0. The molecule has 4 heteroatoms. The minimum atomic E-state index is 0.714. The molecule has 4 fully saturated rings. The molecule has 4 aliphatic rings. The molecule has 126 valence electrons. The first-order valence-electron chi connectivity index (χ1n) is 9.38. The van der Waals surface area contributed by atoms with Crippen LogP contribution in [-0.2, 0) is 4.74 Å². The highest BCUT2D eigenvalue weighted by atomic mass is 16.5. The van der Waals surface area contributed by atoms with Crippen molar-refractivity contribution in [3.05, 3.63) is 0 Å². The van der Waals surface area contributed by atoms with Gasteiger partial charge in [-0.1, -0.05) is 0 Å². The van der Waals surface area contributed by atoms with Gasteiger partial charge < -0.3 is 14.5 Å². The molecule has 5 atom stereocenters. The number of likely N-dealkylation sites (tertiary alicyclic amines) is 3. The van der Waals surface area contributed by atoms with E-state index in [1.165, 1.54) is 45.8 Å². The topological polar surface area (TPSA) is 19.0 Å². The first kappa shape index (κ1) is 15.4. The average Bonchev–Trinajstić information content (AvgIpc) is 3.15. The number of ether oxygens (including phenoxy) is 1. The Morgan fingerprint density at radius 1 is 0.773 bits per heavy atom. The molecule has 0 bridgehead atoms. The molecule has 0 radical (unpaired) electrons. The van der Waals surface area contributed by atoms with E-state index in [2.05, 4.69) is 35.5 Å². The minimum Gasteiger partial charge on any atom is -0.381 e. The van der Waals surface area contributed by atoms with Gasteiger partial charge in [0.1, 0.15) is 0 Å². The Hall–Kier alpha value is -0.160. The molecule has 0 aromatic carbocycles. The summed E-state index contributed by atoms with van der Waals surface area (Å²) in [6.45, 7) is 18.3. The maximum Gasteiger partial charge on any atom is 0.0510 e. The van der Waals surface area contributed by atoms with E-state index in [0.29, 0.717) is 6.04 Å². The molecule has 0 N–H and O–H groups in total. The van der Waals surface area contributed by atoms with Crippen LogP contribution in [0.25, 0.3) is 0 Å². The minimum absolute atomic E-state index is 0.714.